The summed E-state index contributed by atoms with van der Waals surface area (Å²) in [6, 6.07) is 14.8. The van der Waals surface area contributed by atoms with Gasteiger partial charge in [0.2, 0.25) is 11.5 Å². The van der Waals surface area contributed by atoms with Gasteiger partial charge in [0, 0.05) is 38.5 Å². The van der Waals surface area contributed by atoms with Crippen molar-refractivity contribution in [1.82, 2.24) is 30.0 Å². The van der Waals surface area contributed by atoms with Crippen LogP contribution in [0.3, 0.4) is 0 Å². The summed E-state index contributed by atoms with van der Waals surface area (Å²) in [4.78, 5) is 32.2. The van der Waals surface area contributed by atoms with Crippen molar-refractivity contribution in [3.8, 4) is 22.8 Å². The molecule has 0 spiro atoms. The highest BCUT2D eigenvalue weighted by atomic mass is 16.5. The zero-order valence-electron chi connectivity index (χ0n) is 19.7. The third kappa shape index (κ3) is 4.09. The number of amides is 1. The number of hydrogen-bond acceptors (Lipinski definition) is 9. The number of likely N-dealkylation sites (tertiary alicyclic amines) is 1. The van der Waals surface area contributed by atoms with E-state index in [2.05, 4.69) is 20.4 Å². The van der Waals surface area contributed by atoms with E-state index < -0.39 is 11.5 Å². The second-order valence-corrected chi connectivity index (χ2v) is 9.30. The molecule has 4 aromatic rings. The number of aromatic nitrogens is 5. The van der Waals surface area contributed by atoms with E-state index in [1.807, 2.05) is 30.3 Å². The molecule has 1 saturated carbocycles. The number of hydrogen-bond donors (Lipinski definition) is 2. The zero-order valence-corrected chi connectivity index (χ0v) is 19.7. The Hall–Kier alpha value is -4.18. The number of anilines is 1. The van der Waals surface area contributed by atoms with Gasteiger partial charge < -0.3 is 19.8 Å². The molecule has 0 aromatic carbocycles. The minimum Gasteiger partial charge on any atom is -0.373 e. The standard InChI is InChI=1S/C26H25N7O3/c1-33-14-11-26(35,24(33)34)22-15-21(32-36-22)18-7-4-6-17(29-18)19-10-13-28-25(30-19)31-23(16-8-9-16)20-5-2-3-12-27-20/h2-7,10,12-13,15-16,23,35H,8-9,11,14H2,1H3,(H,28,30,31)/t23?,26-/m1/s1. The number of likely N-dealkylation sites (N-methyl/N-ethyl adjacent to an activating group) is 1. The molecule has 1 aliphatic carbocycles. The number of pyridine rings is 2. The highest BCUT2D eigenvalue weighted by Crippen LogP contribution is 2.42. The molecule has 0 radical (unpaired) electrons. The summed E-state index contributed by atoms with van der Waals surface area (Å²) >= 11 is 0. The van der Waals surface area contributed by atoms with Crippen LogP contribution in [0, 0.1) is 5.92 Å². The lowest BCUT2D eigenvalue weighted by Gasteiger charge is -2.18. The maximum absolute atomic E-state index is 12.4. The van der Waals surface area contributed by atoms with Crippen LogP contribution >= 0.6 is 0 Å². The average Bonchev–Trinajstić information content (AvgIpc) is 3.57. The van der Waals surface area contributed by atoms with Gasteiger partial charge in [-0.05, 0) is 49.1 Å². The Kier molecular flexibility index (Phi) is 5.45. The summed E-state index contributed by atoms with van der Waals surface area (Å²) in [5.74, 6) is 0.740. The van der Waals surface area contributed by atoms with E-state index in [1.54, 1.807) is 37.6 Å². The van der Waals surface area contributed by atoms with Crippen LogP contribution in [0.25, 0.3) is 22.8 Å². The first-order chi connectivity index (χ1) is 17.5. The van der Waals surface area contributed by atoms with Gasteiger partial charge in [0.05, 0.1) is 28.8 Å². The van der Waals surface area contributed by atoms with Crippen molar-refractivity contribution < 1.29 is 14.4 Å². The molecule has 36 heavy (non-hydrogen) atoms. The molecule has 10 nitrogen and oxygen atoms in total. The molecule has 5 heterocycles. The molecular weight excluding hydrogens is 458 g/mol. The number of nitrogens with one attached hydrogen (secondary N) is 1. The van der Waals surface area contributed by atoms with Gasteiger partial charge in [-0.3, -0.25) is 9.78 Å². The van der Waals surface area contributed by atoms with Crippen molar-refractivity contribution in [2.75, 3.05) is 18.9 Å². The van der Waals surface area contributed by atoms with E-state index in [1.165, 1.54) is 4.90 Å². The fraction of sp³-hybridized carbons (Fsp3) is 0.308. The van der Waals surface area contributed by atoms with E-state index in [9.17, 15) is 9.90 Å². The summed E-state index contributed by atoms with van der Waals surface area (Å²) in [6.07, 6.45) is 6.05. The smallest absolute Gasteiger partial charge is 0.262 e. The van der Waals surface area contributed by atoms with Crippen LogP contribution < -0.4 is 5.32 Å². The van der Waals surface area contributed by atoms with Gasteiger partial charge in [0.15, 0.2) is 5.76 Å². The van der Waals surface area contributed by atoms with E-state index in [-0.39, 0.29) is 18.2 Å². The lowest BCUT2D eigenvalue weighted by atomic mass is 9.98. The van der Waals surface area contributed by atoms with Crippen LogP contribution in [0.4, 0.5) is 5.95 Å². The summed E-state index contributed by atoms with van der Waals surface area (Å²) < 4.78 is 5.37. The fourth-order valence-electron chi connectivity index (χ4n) is 4.53. The molecule has 2 aliphatic rings. The summed E-state index contributed by atoms with van der Waals surface area (Å²) in [5, 5.41) is 18.4. The first-order valence-corrected chi connectivity index (χ1v) is 11.9. The van der Waals surface area contributed by atoms with Crippen LogP contribution in [-0.2, 0) is 10.4 Å². The van der Waals surface area contributed by atoms with Crippen LogP contribution in [-0.4, -0.2) is 54.6 Å². The second kappa shape index (κ2) is 8.80. The number of rotatable bonds is 7. The van der Waals surface area contributed by atoms with Crippen LogP contribution in [0.1, 0.15) is 36.8 Å². The van der Waals surface area contributed by atoms with Crippen LogP contribution in [0.15, 0.2) is 65.4 Å². The molecular formula is C26H25N7O3. The number of carbonyl (C=O) groups excluding carboxylic acids is 1. The van der Waals surface area contributed by atoms with Gasteiger partial charge in [-0.1, -0.05) is 17.3 Å². The maximum Gasteiger partial charge on any atom is 0.262 e. The van der Waals surface area contributed by atoms with Crippen molar-refractivity contribution in [2.24, 2.45) is 5.92 Å². The first-order valence-electron chi connectivity index (χ1n) is 11.9. The van der Waals surface area contributed by atoms with Crippen molar-refractivity contribution >= 4 is 11.9 Å². The summed E-state index contributed by atoms with van der Waals surface area (Å²) in [7, 11) is 1.65. The van der Waals surface area contributed by atoms with Crippen molar-refractivity contribution in [1.29, 1.82) is 0 Å². The van der Waals surface area contributed by atoms with E-state index >= 15 is 0 Å². The number of aliphatic hydroxyl groups is 1. The predicted octanol–water partition coefficient (Wildman–Crippen LogP) is 3.20. The predicted molar refractivity (Wildman–Crippen MR) is 130 cm³/mol. The Morgan fingerprint density at radius 3 is 2.56 bits per heavy atom. The van der Waals surface area contributed by atoms with Gasteiger partial charge in [-0.25, -0.2) is 15.0 Å². The van der Waals surface area contributed by atoms with Gasteiger partial charge in [0.1, 0.15) is 5.69 Å². The largest absolute Gasteiger partial charge is 0.373 e. The third-order valence-corrected chi connectivity index (χ3v) is 6.74. The molecule has 2 fully saturated rings. The lowest BCUT2D eigenvalue weighted by Crippen LogP contribution is -2.35. The first kappa shape index (κ1) is 22.3. The second-order valence-electron chi connectivity index (χ2n) is 9.30. The van der Waals surface area contributed by atoms with Gasteiger partial charge in [-0.2, -0.15) is 0 Å². The molecule has 4 aromatic heterocycles. The van der Waals surface area contributed by atoms with Gasteiger partial charge in [0.25, 0.3) is 5.91 Å². The highest BCUT2D eigenvalue weighted by molar-refractivity contribution is 5.87. The minimum atomic E-state index is -1.70. The van der Waals surface area contributed by atoms with Crippen molar-refractivity contribution in [3.63, 3.8) is 0 Å². The molecule has 1 amide bonds. The van der Waals surface area contributed by atoms with Crippen molar-refractivity contribution in [2.45, 2.75) is 30.9 Å². The Labute approximate surface area is 207 Å². The van der Waals surface area contributed by atoms with E-state index in [0.717, 1.165) is 18.5 Å². The molecule has 2 N–H and O–H groups in total. The molecule has 0 bridgehead atoms. The van der Waals surface area contributed by atoms with Crippen LogP contribution in [0.5, 0.6) is 0 Å². The lowest BCUT2D eigenvalue weighted by molar-refractivity contribution is -0.144. The number of carbonyl (C=O) groups is 1. The van der Waals surface area contributed by atoms with Crippen molar-refractivity contribution in [3.05, 3.63) is 72.4 Å². The Bertz CT molecular complexity index is 1410. The quantitative estimate of drug-likeness (QED) is 0.407. The SMILES string of the molecule is CN1CC[C@@](O)(c2cc(-c3cccc(-c4ccnc(NC(c5ccccn5)C5CC5)n4)n3)no2)C1=O. The summed E-state index contributed by atoms with van der Waals surface area (Å²) in [5.41, 5.74) is 1.54. The molecule has 182 valence electrons. The summed E-state index contributed by atoms with van der Waals surface area (Å²) in [6.45, 7) is 0.450. The third-order valence-electron chi connectivity index (χ3n) is 6.74. The van der Waals surface area contributed by atoms with Crippen LogP contribution in [0.2, 0.25) is 0 Å². The highest BCUT2D eigenvalue weighted by Gasteiger charge is 2.48. The molecule has 1 saturated heterocycles. The Balaban J connectivity index is 1.26. The molecule has 1 aliphatic heterocycles. The fourth-order valence-corrected chi connectivity index (χ4v) is 4.53. The number of nitrogens with zero attached hydrogens (tertiary/aromatic N) is 6. The van der Waals surface area contributed by atoms with E-state index in [0.29, 0.717) is 41.2 Å². The molecule has 6 rings (SSSR count). The molecule has 2 atom stereocenters. The average molecular weight is 484 g/mol. The Morgan fingerprint density at radius 1 is 1.03 bits per heavy atom. The van der Waals surface area contributed by atoms with E-state index in [4.69, 9.17) is 14.5 Å². The minimum absolute atomic E-state index is 0.0532. The van der Waals surface area contributed by atoms with Gasteiger partial charge >= 0.3 is 0 Å². The normalized spacial score (nSPS) is 20.5. The monoisotopic (exact) mass is 483 g/mol. The Morgan fingerprint density at radius 2 is 1.83 bits per heavy atom. The van der Waals surface area contributed by atoms with Gasteiger partial charge in [-0.15, -0.1) is 0 Å². The zero-order chi connectivity index (χ0) is 24.7. The molecule has 1 unspecified atom stereocenters. The maximum atomic E-state index is 12.4. The molecule has 10 heteroatoms. The topological polar surface area (TPSA) is 130 Å².